The van der Waals surface area contributed by atoms with Gasteiger partial charge in [0.1, 0.15) is 0 Å². The maximum atomic E-state index is 12.8. The average molecular weight is 379 g/mol. The zero-order valence-electron chi connectivity index (χ0n) is 17.3. The van der Waals surface area contributed by atoms with E-state index in [1.54, 1.807) is 21.3 Å². The van der Waals surface area contributed by atoms with Crippen LogP contribution in [0.5, 0.6) is 0 Å². The summed E-state index contributed by atoms with van der Waals surface area (Å²) in [6, 6.07) is 1.42. The number of rotatable bonds is 11. The van der Waals surface area contributed by atoms with E-state index in [0.29, 0.717) is 23.0 Å². The van der Waals surface area contributed by atoms with Crippen LogP contribution in [0.25, 0.3) is 0 Å². The first-order valence-corrected chi connectivity index (χ1v) is 13.1. The number of hydrogen-bond donors (Lipinski definition) is 0. The summed E-state index contributed by atoms with van der Waals surface area (Å²) >= 11 is 0. The van der Waals surface area contributed by atoms with Gasteiger partial charge in [-0.25, -0.2) is 0 Å². The largest absolute Gasteiger partial charge is 0.518 e. The average Bonchev–Trinajstić information content (AvgIpc) is 2.50. The van der Waals surface area contributed by atoms with E-state index < -0.39 is 17.1 Å². The van der Waals surface area contributed by atoms with Gasteiger partial charge in [-0.15, -0.1) is 0 Å². The van der Waals surface area contributed by atoms with Crippen LogP contribution in [0, 0.1) is 11.8 Å². The summed E-state index contributed by atoms with van der Waals surface area (Å²) in [6.07, 6.45) is 0. The molecule has 0 aliphatic heterocycles. The third-order valence-corrected chi connectivity index (χ3v) is 13.8. The van der Waals surface area contributed by atoms with Gasteiger partial charge in [-0.2, -0.15) is 0 Å². The van der Waals surface area contributed by atoms with Gasteiger partial charge >= 0.3 is 8.80 Å². The third-order valence-electron chi connectivity index (χ3n) is 4.86. The van der Waals surface area contributed by atoms with Gasteiger partial charge in [0.2, 0.25) is 0 Å². The fraction of sp³-hybridized carbons (Fsp3) is 0.941. The zero-order chi connectivity index (χ0) is 19.1. The van der Waals surface area contributed by atoms with E-state index in [0.717, 1.165) is 6.04 Å². The van der Waals surface area contributed by atoms with Gasteiger partial charge in [-0.1, -0.05) is 48.5 Å². The second-order valence-corrected chi connectivity index (χ2v) is 15.5. The highest BCUT2D eigenvalue weighted by Gasteiger charge is 2.48. The first-order valence-electron chi connectivity index (χ1n) is 8.88. The van der Waals surface area contributed by atoms with Crippen LogP contribution in [0.15, 0.2) is 0 Å². The van der Waals surface area contributed by atoms with Crippen LogP contribution in [-0.4, -0.2) is 44.4 Å². The molecule has 0 spiro atoms. The predicted octanol–water partition coefficient (Wildman–Crippen LogP) is 4.47. The van der Waals surface area contributed by atoms with Crippen molar-refractivity contribution in [1.29, 1.82) is 0 Å². The molecule has 0 fully saturated rings. The lowest BCUT2D eigenvalue weighted by molar-refractivity contribution is -0.139. The van der Waals surface area contributed by atoms with E-state index in [2.05, 4.69) is 41.5 Å². The molecule has 0 aromatic heterocycles. The summed E-state index contributed by atoms with van der Waals surface area (Å²) in [6.45, 7) is 15.0. The Morgan fingerprint density at radius 1 is 0.792 bits per heavy atom. The summed E-state index contributed by atoms with van der Waals surface area (Å²) in [5.74, 6) is 0.0516. The molecule has 0 radical (unpaired) electrons. The molecule has 0 heterocycles. The second kappa shape index (κ2) is 10.1. The summed E-state index contributed by atoms with van der Waals surface area (Å²) in [7, 11) is -0.292. The Labute approximate surface area is 150 Å². The van der Waals surface area contributed by atoms with Crippen LogP contribution in [0.4, 0.5) is 0 Å². The van der Waals surface area contributed by atoms with Crippen LogP contribution in [0.1, 0.15) is 48.5 Å². The minimum atomic E-state index is -2.79. The molecule has 7 heteroatoms. The molecule has 0 saturated heterocycles. The molecule has 24 heavy (non-hydrogen) atoms. The Hall–Kier alpha value is -0.216. The smallest absolute Gasteiger partial charge is 0.501 e. The molecule has 0 amide bonds. The van der Waals surface area contributed by atoms with Crippen molar-refractivity contribution >= 4 is 23.1 Å². The van der Waals surface area contributed by atoms with Gasteiger partial charge in [0.25, 0.3) is 14.3 Å². The minimum absolute atomic E-state index is 0.146. The van der Waals surface area contributed by atoms with Gasteiger partial charge in [0.15, 0.2) is 0 Å². The van der Waals surface area contributed by atoms with Crippen LogP contribution >= 0.6 is 0 Å². The Kier molecular flexibility index (Phi) is 9.97. The summed E-state index contributed by atoms with van der Waals surface area (Å²) < 4.78 is 22.6. The lowest BCUT2D eigenvalue weighted by Crippen LogP contribution is -2.50. The minimum Gasteiger partial charge on any atom is -0.518 e. The Balaban J connectivity index is 5.31. The molecule has 0 saturated carbocycles. The van der Waals surface area contributed by atoms with E-state index >= 15 is 0 Å². The van der Waals surface area contributed by atoms with E-state index in [9.17, 15) is 4.79 Å². The molecule has 1 unspecified atom stereocenters. The van der Waals surface area contributed by atoms with Crippen molar-refractivity contribution in [2.75, 3.05) is 21.3 Å². The lowest BCUT2D eigenvalue weighted by Gasteiger charge is -2.40. The van der Waals surface area contributed by atoms with E-state index in [1.807, 2.05) is 6.92 Å². The van der Waals surface area contributed by atoms with Crippen molar-refractivity contribution in [1.82, 2.24) is 0 Å². The first kappa shape index (κ1) is 23.8. The normalized spacial score (nSPS) is 14.5. The number of carbonyl (C=O) groups excluding carboxylic acids is 1. The maximum absolute atomic E-state index is 12.8. The molecular formula is C17H38O5Si2. The summed E-state index contributed by atoms with van der Waals surface area (Å²) in [5.41, 5.74) is 0.760. The molecule has 0 aromatic rings. The van der Waals surface area contributed by atoms with Crippen LogP contribution in [0.2, 0.25) is 23.2 Å². The summed E-state index contributed by atoms with van der Waals surface area (Å²) in [5, 5.41) is 0. The standard InChI is InChI=1S/C17H38O5Si2/c1-13(2)11-23(14(3)4,15(5)6)22-17(18)16(7)12-24(19-8,20-9)21-10/h13-16H,11-12H2,1-10H3. The molecule has 0 aliphatic carbocycles. The third kappa shape index (κ3) is 5.95. The topological polar surface area (TPSA) is 54.0 Å². The fourth-order valence-corrected chi connectivity index (χ4v) is 9.90. The van der Waals surface area contributed by atoms with Gasteiger partial charge in [0, 0.05) is 27.4 Å². The molecule has 5 nitrogen and oxygen atoms in total. The maximum Gasteiger partial charge on any atom is 0.501 e. The first-order chi connectivity index (χ1) is 11.0. The molecule has 0 rings (SSSR count). The molecule has 144 valence electrons. The van der Waals surface area contributed by atoms with Gasteiger partial charge in [-0.3, -0.25) is 4.79 Å². The van der Waals surface area contributed by atoms with E-state index in [-0.39, 0.29) is 11.9 Å². The quantitative estimate of drug-likeness (QED) is 0.497. The number of carbonyl (C=O) groups is 1. The molecule has 1 atom stereocenters. The van der Waals surface area contributed by atoms with Crippen molar-refractivity contribution in [3.8, 4) is 0 Å². The molecule has 0 N–H and O–H groups in total. The van der Waals surface area contributed by atoms with Gasteiger partial charge < -0.3 is 17.7 Å². The summed E-state index contributed by atoms with van der Waals surface area (Å²) in [4.78, 5) is 12.8. The number of hydrogen-bond acceptors (Lipinski definition) is 5. The highest BCUT2D eigenvalue weighted by atomic mass is 28.4. The monoisotopic (exact) mass is 378 g/mol. The van der Waals surface area contributed by atoms with Crippen molar-refractivity contribution in [3.63, 3.8) is 0 Å². The van der Waals surface area contributed by atoms with Gasteiger partial charge in [0.05, 0.1) is 5.92 Å². The SMILES string of the molecule is CO[Si](CC(C)C(=O)O[Si](CC(C)C)(C(C)C)C(C)C)(OC)OC. The van der Waals surface area contributed by atoms with Crippen LogP contribution < -0.4 is 0 Å². The van der Waals surface area contributed by atoms with Crippen LogP contribution in [-0.2, 0) is 22.5 Å². The molecule has 0 aromatic carbocycles. The van der Waals surface area contributed by atoms with E-state index in [4.69, 9.17) is 17.7 Å². The highest BCUT2D eigenvalue weighted by Crippen LogP contribution is 2.40. The Bertz CT molecular complexity index is 365. The molecule has 0 bridgehead atoms. The second-order valence-electron chi connectivity index (χ2n) is 7.68. The van der Waals surface area contributed by atoms with Crippen molar-refractivity contribution in [2.45, 2.75) is 71.6 Å². The van der Waals surface area contributed by atoms with Crippen molar-refractivity contribution in [3.05, 3.63) is 0 Å². The molecular weight excluding hydrogens is 340 g/mol. The molecule has 0 aliphatic rings. The van der Waals surface area contributed by atoms with Crippen molar-refractivity contribution < 1.29 is 22.5 Å². The van der Waals surface area contributed by atoms with E-state index in [1.165, 1.54) is 0 Å². The van der Waals surface area contributed by atoms with Gasteiger partial charge in [-0.05, 0) is 23.0 Å². The zero-order valence-corrected chi connectivity index (χ0v) is 19.3. The predicted molar refractivity (Wildman–Crippen MR) is 102 cm³/mol. The lowest BCUT2D eigenvalue weighted by atomic mass is 10.2. The Morgan fingerprint density at radius 2 is 1.21 bits per heavy atom. The van der Waals surface area contributed by atoms with Crippen molar-refractivity contribution in [2.24, 2.45) is 11.8 Å². The highest BCUT2D eigenvalue weighted by molar-refractivity contribution is 6.77. The Morgan fingerprint density at radius 3 is 1.50 bits per heavy atom. The fourth-order valence-electron chi connectivity index (χ4n) is 3.30. The van der Waals surface area contributed by atoms with Crippen LogP contribution in [0.3, 0.4) is 0 Å².